The number of benzene rings is 1. The van der Waals surface area contributed by atoms with E-state index in [1.54, 1.807) is 10.3 Å². The lowest BCUT2D eigenvalue weighted by molar-refractivity contribution is -0.136. The van der Waals surface area contributed by atoms with Crippen molar-refractivity contribution in [2.24, 2.45) is 5.92 Å². The highest BCUT2D eigenvalue weighted by Gasteiger charge is 2.35. The molecule has 1 atom stereocenters. The van der Waals surface area contributed by atoms with E-state index in [9.17, 15) is 14.0 Å². The molecule has 2 heterocycles. The first kappa shape index (κ1) is 19.3. The van der Waals surface area contributed by atoms with Gasteiger partial charge in [-0.25, -0.2) is 9.37 Å². The Bertz CT molecular complexity index is 852. The largest absolute Gasteiger partial charge is 0.496 e. The molecule has 1 aliphatic rings. The molecule has 3 rings (SSSR count). The summed E-state index contributed by atoms with van der Waals surface area (Å²) in [5.41, 5.74) is 1.04. The van der Waals surface area contributed by atoms with Crippen LogP contribution in [0.3, 0.4) is 0 Å². The topological polar surface area (TPSA) is 71.5 Å². The molecule has 1 unspecified atom stereocenters. The lowest BCUT2D eigenvalue weighted by atomic mass is 10.0. The van der Waals surface area contributed by atoms with Crippen LogP contribution in [-0.4, -0.2) is 41.4 Å². The monoisotopic (exact) mass is 391 g/mol. The average molecular weight is 391 g/mol. The highest BCUT2D eigenvalue weighted by Crippen LogP contribution is 2.33. The van der Waals surface area contributed by atoms with E-state index in [1.165, 1.54) is 36.6 Å². The molecule has 6 nitrogen and oxygen atoms in total. The molecule has 1 saturated heterocycles. The zero-order valence-corrected chi connectivity index (χ0v) is 16.3. The number of nitrogens with one attached hydrogen (secondary N) is 1. The Morgan fingerprint density at radius 2 is 2.19 bits per heavy atom. The number of rotatable bonds is 6. The molecule has 8 heteroatoms. The van der Waals surface area contributed by atoms with Gasteiger partial charge in [0.25, 0.3) is 0 Å². The smallest absolute Gasteiger partial charge is 0.249 e. The fraction of sp³-hybridized carbons (Fsp3) is 0.421. The number of thiazole rings is 1. The minimum Gasteiger partial charge on any atom is -0.496 e. The molecule has 2 amide bonds. The molecule has 1 aromatic heterocycles. The maximum atomic E-state index is 13.6. The number of amides is 2. The van der Waals surface area contributed by atoms with Crippen molar-refractivity contribution in [3.8, 4) is 17.0 Å². The lowest BCUT2D eigenvalue weighted by Gasteiger charge is -2.29. The number of carbonyl (C=O) groups excluding carboxylic acids is 2. The fourth-order valence-electron chi connectivity index (χ4n) is 3.28. The van der Waals surface area contributed by atoms with Crippen LogP contribution in [0.15, 0.2) is 23.6 Å². The molecule has 1 N–H and O–H groups in total. The van der Waals surface area contributed by atoms with Gasteiger partial charge in [0.15, 0.2) is 5.13 Å². The van der Waals surface area contributed by atoms with E-state index < -0.39 is 11.9 Å². The van der Waals surface area contributed by atoms with E-state index in [1.807, 2.05) is 13.8 Å². The Morgan fingerprint density at radius 1 is 1.41 bits per heavy atom. The van der Waals surface area contributed by atoms with Gasteiger partial charge < -0.3 is 15.0 Å². The van der Waals surface area contributed by atoms with E-state index in [2.05, 4.69) is 10.3 Å². The van der Waals surface area contributed by atoms with Crippen molar-refractivity contribution < 1.29 is 18.7 Å². The molecule has 0 bridgehead atoms. The van der Waals surface area contributed by atoms with Crippen molar-refractivity contribution in [1.29, 1.82) is 0 Å². The van der Waals surface area contributed by atoms with Crippen LogP contribution in [0.5, 0.6) is 5.75 Å². The van der Waals surface area contributed by atoms with Gasteiger partial charge in [-0.2, -0.15) is 0 Å². The van der Waals surface area contributed by atoms with Gasteiger partial charge in [-0.3, -0.25) is 9.59 Å². The Hall–Kier alpha value is -2.48. The summed E-state index contributed by atoms with van der Waals surface area (Å²) in [4.78, 5) is 30.9. The van der Waals surface area contributed by atoms with Crippen molar-refractivity contribution in [1.82, 2.24) is 9.88 Å². The molecule has 0 spiro atoms. The van der Waals surface area contributed by atoms with Crippen molar-refractivity contribution >= 4 is 28.3 Å². The number of nitrogens with zero attached hydrogens (tertiary/aromatic N) is 2. The quantitative estimate of drug-likeness (QED) is 0.818. The predicted octanol–water partition coefficient (Wildman–Crippen LogP) is 3.54. The molecule has 2 aromatic rings. The van der Waals surface area contributed by atoms with Crippen molar-refractivity contribution in [2.45, 2.75) is 32.7 Å². The van der Waals surface area contributed by atoms with Crippen LogP contribution in [0.1, 0.15) is 26.7 Å². The third-order valence-electron chi connectivity index (χ3n) is 4.52. The predicted molar refractivity (Wildman–Crippen MR) is 102 cm³/mol. The summed E-state index contributed by atoms with van der Waals surface area (Å²) in [5, 5.41) is 4.94. The SMILES string of the molecule is COc1ccc(F)cc1-c1csc(NC(=O)C(C(C)C)N2CCCC2=O)n1. The van der Waals surface area contributed by atoms with E-state index in [0.717, 1.165) is 6.42 Å². The zero-order valence-electron chi connectivity index (χ0n) is 15.5. The minimum atomic E-state index is -0.531. The van der Waals surface area contributed by atoms with Gasteiger partial charge in [-0.1, -0.05) is 13.8 Å². The summed E-state index contributed by atoms with van der Waals surface area (Å²) >= 11 is 1.25. The maximum Gasteiger partial charge on any atom is 0.249 e. The minimum absolute atomic E-state index is 0.00757. The van der Waals surface area contributed by atoms with Gasteiger partial charge in [0.2, 0.25) is 11.8 Å². The molecule has 0 saturated carbocycles. The molecular weight excluding hydrogens is 369 g/mol. The molecule has 0 aliphatic carbocycles. The second-order valence-corrected chi connectivity index (χ2v) is 7.61. The fourth-order valence-corrected chi connectivity index (χ4v) is 4.00. The van der Waals surface area contributed by atoms with Crippen LogP contribution in [0.25, 0.3) is 11.3 Å². The van der Waals surface area contributed by atoms with Crippen LogP contribution < -0.4 is 10.1 Å². The average Bonchev–Trinajstić information content (AvgIpc) is 3.24. The lowest BCUT2D eigenvalue weighted by Crippen LogP contribution is -2.47. The molecule has 144 valence electrons. The first-order chi connectivity index (χ1) is 12.9. The van der Waals surface area contributed by atoms with Crippen molar-refractivity contribution in [3.05, 3.63) is 29.4 Å². The Labute approximate surface area is 161 Å². The van der Waals surface area contributed by atoms with Gasteiger partial charge in [0, 0.05) is 23.9 Å². The normalized spacial score (nSPS) is 15.3. The summed E-state index contributed by atoms with van der Waals surface area (Å²) in [6.45, 7) is 4.43. The first-order valence-electron chi connectivity index (χ1n) is 8.80. The highest BCUT2D eigenvalue weighted by molar-refractivity contribution is 7.14. The molecule has 1 aliphatic heterocycles. The van der Waals surface area contributed by atoms with Gasteiger partial charge in [-0.15, -0.1) is 11.3 Å². The Kier molecular flexibility index (Phi) is 5.74. The standard InChI is InChI=1S/C19H22FN3O3S/c1-11(2)17(23-8-4-5-16(23)24)18(25)22-19-21-14(10-27-19)13-9-12(20)6-7-15(13)26-3/h6-7,9-11,17H,4-5,8H2,1-3H3,(H,21,22,25). The number of aromatic nitrogens is 1. The number of likely N-dealkylation sites (tertiary alicyclic amines) is 1. The highest BCUT2D eigenvalue weighted by atomic mass is 32.1. The van der Waals surface area contributed by atoms with Gasteiger partial charge in [-0.05, 0) is 30.5 Å². The zero-order chi connectivity index (χ0) is 19.6. The number of halogens is 1. The van der Waals surface area contributed by atoms with Crippen molar-refractivity contribution in [2.75, 3.05) is 19.0 Å². The summed E-state index contributed by atoms with van der Waals surface area (Å²) in [7, 11) is 1.51. The second-order valence-electron chi connectivity index (χ2n) is 6.75. The third kappa shape index (κ3) is 4.10. The number of hydrogen-bond donors (Lipinski definition) is 1. The Balaban J connectivity index is 1.80. The molecular formula is C19H22FN3O3S. The first-order valence-corrected chi connectivity index (χ1v) is 9.68. The number of anilines is 1. The van der Waals surface area contributed by atoms with Crippen LogP contribution in [-0.2, 0) is 9.59 Å². The molecule has 1 aromatic carbocycles. The Morgan fingerprint density at radius 3 is 2.81 bits per heavy atom. The second kappa shape index (κ2) is 8.04. The molecule has 0 radical (unpaired) electrons. The van der Waals surface area contributed by atoms with Crippen LogP contribution in [0.4, 0.5) is 9.52 Å². The van der Waals surface area contributed by atoms with E-state index in [0.29, 0.717) is 35.1 Å². The van der Waals surface area contributed by atoms with Crippen LogP contribution in [0, 0.1) is 11.7 Å². The van der Waals surface area contributed by atoms with E-state index in [-0.39, 0.29) is 17.7 Å². The maximum absolute atomic E-state index is 13.6. The van der Waals surface area contributed by atoms with Gasteiger partial charge in [0.05, 0.1) is 12.8 Å². The third-order valence-corrected chi connectivity index (χ3v) is 5.28. The van der Waals surface area contributed by atoms with Gasteiger partial charge >= 0.3 is 0 Å². The van der Waals surface area contributed by atoms with Crippen LogP contribution >= 0.6 is 11.3 Å². The van der Waals surface area contributed by atoms with E-state index >= 15 is 0 Å². The molecule has 1 fully saturated rings. The summed E-state index contributed by atoms with van der Waals surface area (Å²) < 4.78 is 18.9. The summed E-state index contributed by atoms with van der Waals surface area (Å²) in [6.07, 6.45) is 1.26. The number of methoxy groups -OCH3 is 1. The number of ether oxygens (including phenoxy) is 1. The summed E-state index contributed by atoms with van der Waals surface area (Å²) in [5.74, 6) is -0.158. The molecule has 27 heavy (non-hydrogen) atoms. The van der Waals surface area contributed by atoms with Crippen molar-refractivity contribution in [3.63, 3.8) is 0 Å². The van der Waals surface area contributed by atoms with Crippen LogP contribution in [0.2, 0.25) is 0 Å². The van der Waals surface area contributed by atoms with Gasteiger partial charge in [0.1, 0.15) is 17.6 Å². The summed E-state index contributed by atoms with van der Waals surface area (Å²) in [6, 6.07) is 3.67. The number of hydrogen-bond acceptors (Lipinski definition) is 5. The van der Waals surface area contributed by atoms with E-state index in [4.69, 9.17) is 4.74 Å². The number of carbonyl (C=O) groups is 2.